The number of aryl methyl sites for hydroxylation is 1. The molecule has 0 bridgehead atoms. The molecule has 21 heavy (non-hydrogen) atoms. The first-order valence-electron chi connectivity index (χ1n) is 6.68. The molecule has 2 aromatic carbocycles. The highest BCUT2D eigenvalue weighted by atomic mass is 35.5. The van der Waals surface area contributed by atoms with Crippen molar-refractivity contribution in [3.8, 4) is 11.3 Å². The fraction of sp³-hybridized carbons (Fsp3) is 0.118. The highest BCUT2D eigenvalue weighted by Crippen LogP contribution is 2.25. The van der Waals surface area contributed by atoms with Crippen molar-refractivity contribution in [2.24, 2.45) is 0 Å². The Bertz CT molecular complexity index is 764. The molecule has 1 heterocycles. The molecule has 0 aliphatic carbocycles. The number of aromatic nitrogens is 2. The molecule has 3 rings (SSSR count). The summed E-state index contributed by atoms with van der Waals surface area (Å²) in [7, 11) is 0. The Labute approximate surface area is 133 Å². The summed E-state index contributed by atoms with van der Waals surface area (Å²) in [6, 6.07) is 15.6. The number of nitrogens with zero attached hydrogens (tertiary/aromatic N) is 1. The van der Waals surface area contributed by atoms with Gasteiger partial charge >= 0.3 is 0 Å². The van der Waals surface area contributed by atoms with E-state index in [0.29, 0.717) is 16.5 Å². The number of aromatic amines is 1. The maximum atomic E-state index is 6.21. The number of hydrogen-bond donors (Lipinski definition) is 1. The van der Waals surface area contributed by atoms with Crippen molar-refractivity contribution in [1.82, 2.24) is 9.97 Å². The lowest BCUT2D eigenvalue weighted by atomic mass is 10.1. The molecule has 0 saturated carbocycles. The third-order valence-corrected chi connectivity index (χ3v) is 3.95. The van der Waals surface area contributed by atoms with Gasteiger partial charge in [0.15, 0.2) is 0 Å². The summed E-state index contributed by atoms with van der Waals surface area (Å²) < 4.78 is 0. The first-order valence-corrected chi connectivity index (χ1v) is 7.44. The van der Waals surface area contributed by atoms with E-state index >= 15 is 0 Å². The standard InChI is InChI=1S/C17H14Cl2N2/c1-11-17(12-5-3-2-4-6-12)21-16(20-11)10-13-9-14(18)7-8-15(13)19/h2-9H,10H2,1H3,(H,20,21). The second-order valence-electron chi connectivity index (χ2n) is 4.94. The fourth-order valence-electron chi connectivity index (χ4n) is 2.34. The molecule has 2 nitrogen and oxygen atoms in total. The fourth-order valence-corrected chi connectivity index (χ4v) is 2.72. The monoisotopic (exact) mass is 316 g/mol. The minimum absolute atomic E-state index is 0.632. The van der Waals surface area contributed by atoms with Gasteiger partial charge in [-0.05, 0) is 30.7 Å². The Kier molecular flexibility index (Phi) is 4.00. The minimum atomic E-state index is 0.632. The van der Waals surface area contributed by atoms with Crippen molar-refractivity contribution in [3.63, 3.8) is 0 Å². The van der Waals surface area contributed by atoms with Gasteiger partial charge < -0.3 is 4.98 Å². The quantitative estimate of drug-likeness (QED) is 0.699. The summed E-state index contributed by atoms with van der Waals surface area (Å²) in [6.07, 6.45) is 0.632. The van der Waals surface area contributed by atoms with Crippen molar-refractivity contribution >= 4 is 23.2 Å². The lowest BCUT2D eigenvalue weighted by molar-refractivity contribution is 1.02. The van der Waals surface area contributed by atoms with Crippen LogP contribution >= 0.6 is 23.2 Å². The molecule has 4 heteroatoms. The summed E-state index contributed by atoms with van der Waals surface area (Å²) in [5, 5.41) is 1.38. The van der Waals surface area contributed by atoms with Crippen molar-refractivity contribution in [2.45, 2.75) is 13.3 Å². The Balaban J connectivity index is 1.93. The summed E-state index contributed by atoms with van der Waals surface area (Å²) in [5.41, 5.74) is 4.10. The molecule has 0 atom stereocenters. The van der Waals surface area contributed by atoms with Crippen LogP contribution in [0.15, 0.2) is 48.5 Å². The zero-order valence-corrected chi connectivity index (χ0v) is 13.0. The molecule has 0 aliphatic rings. The second kappa shape index (κ2) is 5.92. The number of hydrogen-bond acceptors (Lipinski definition) is 1. The Morgan fingerprint density at radius 3 is 2.57 bits per heavy atom. The summed E-state index contributed by atoms with van der Waals surface area (Å²) >= 11 is 12.2. The predicted octanol–water partition coefficient (Wildman–Crippen LogP) is 5.28. The van der Waals surface area contributed by atoms with E-state index in [2.05, 4.69) is 22.1 Å². The Hall–Kier alpha value is -1.77. The van der Waals surface area contributed by atoms with Crippen LogP contribution in [0.25, 0.3) is 11.3 Å². The molecular weight excluding hydrogens is 303 g/mol. The molecule has 0 spiro atoms. The van der Waals surface area contributed by atoms with E-state index in [0.717, 1.165) is 28.3 Å². The van der Waals surface area contributed by atoms with Crippen molar-refractivity contribution < 1.29 is 0 Å². The molecule has 1 N–H and O–H groups in total. The maximum absolute atomic E-state index is 6.21. The van der Waals surface area contributed by atoms with Crippen molar-refractivity contribution in [1.29, 1.82) is 0 Å². The van der Waals surface area contributed by atoms with Gasteiger partial charge in [-0.2, -0.15) is 0 Å². The van der Waals surface area contributed by atoms with Gasteiger partial charge in [0, 0.05) is 27.7 Å². The summed E-state index contributed by atoms with van der Waals surface area (Å²) in [5.74, 6) is 0.885. The second-order valence-corrected chi connectivity index (χ2v) is 5.78. The number of H-pyrrole nitrogens is 1. The SMILES string of the molecule is Cc1[nH]c(Cc2cc(Cl)ccc2Cl)nc1-c1ccccc1. The Morgan fingerprint density at radius 1 is 1.05 bits per heavy atom. The van der Waals surface area contributed by atoms with Gasteiger partial charge in [0.2, 0.25) is 0 Å². The molecule has 0 aliphatic heterocycles. The molecular formula is C17H14Cl2N2. The molecule has 3 aromatic rings. The molecule has 1 aromatic heterocycles. The number of halogens is 2. The van der Waals surface area contributed by atoms with E-state index in [1.165, 1.54) is 0 Å². The molecule has 0 unspecified atom stereocenters. The molecule has 0 radical (unpaired) electrons. The largest absolute Gasteiger partial charge is 0.345 e. The van der Waals surface area contributed by atoms with Crippen LogP contribution in [0.5, 0.6) is 0 Å². The van der Waals surface area contributed by atoms with E-state index in [4.69, 9.17) is 23.2 Å². The van der Waals surface area contributed by atoms with Crippen LogP contribution in [0.4, 0.5) is 0 Å². The van der Waals surface area contributed by atoms with E-state index in [1.54, 1.807) is 6.07 Å². The zero-order chi connectivity index (χ0) is 14.8. The van der Waals surface area contributed by atoms with Crippen LogP contribution in [-0.2, 0) is 6.42 Å². The average molecular weight is 317 g/mol. The van der Waals surface area contributed by atoms with Crippen LogP contribution in [-0.4, -0.2) is 9.97 Å². The number of nitrogens with one attached hydrogen (secondary N) is 1. The lowest BCUT2D eigenvalue weighted by Crippen LogP contribution is -1.92. The maximum Gasteiger partial charge on any atom is 0.111 e. The molecule has 0 amide bonds. The average Bonchev–Trinajstić information content (AvgIpc) is 2.84. The van der Waals surface area contributed by atoms with Crippen LogP contribution in [0.1, 0.15) is 17.1 Å². The molecule has 106 valence electrons. The van der Waals surface area contributed by atoms with E-state index in [9.17, 15) is 0 Å². The predicted molar refractivity (Wildman–Crippen MR) is 88.0 cm³/mol. The molecule has 0 saturated heterocycles. The minimum Gasteiger partial charge on any atom is -0.345 e. The van der Waals surface area contributed by atoms with Gasteiger partial charge in [-0.15, -0.1) is 0 Å². The molecule has 0 fully saturated rings. The van der Waals surface area contributed by atoms with Gasteiger partial charge in [0.1, 0.15) is 5.82 Å². The van der Waals surface area contributed by atoms with Crippen molar-refractivity contribution in [2.75, 3.05) is 0 Å². The first kappa shape index (κ1) is 14.2. The Morgan fingerprint density at radius 2 is 1.81 bits per heavy atom. The van der Waals surface area contributed by atoms with Crippen molar-refractivity contribution in [3.05, 3.63) is 75.7 Å². The zero-order valence-electron chi connectivity index (χ0n) is 11.5. The van der Waals surface area contributed by atoms with Crippen LogP contribution in [0.2, 0.25) is 10.0 Å². The number of imidazole rings is 1. The van der Waals surface area contributed by atoms with Gasteiger partial charge in [0.25, 0.3) is 0 Å². The third-order valence-electron chi connectivity index (χ3n) is 3.35. The topological polar surface area (TPSA) is 28.7 Å². The summed E-state index contributed by atoms with van der Waals surface area (Å²) in [4.78, 5) is 8.01. The smallest absolute Gasteiger partial charge is 0.111 e. The highest BCUT2D eigenvalue weighted by molar-refractivity contribution is 6.33. The third kappa shape index (κ3) is 3.12. The lowest BCUT2D eigenvalue weighted by Gasteiger charge is -2.02. The van der Waals surface area contributed by atoms with Gasteiger partial charge in [0.05, 0.1) is 5.69 Å². The summed E-state index contributed by atoms with van der Waals surface area (Å²) in [6.45, 7) is 2.03. The van der Waals surface area contributed by atoms with E-state index < -0.39 is 0 Å². The van der Waals surface area contributed by atoms with Gasteiger partial charge in [-0.1, -0.05) is 53.5 Å². The van der Waals surface area contributed by atoms with Gasteiger partial charge in [-0.3, -0.25) is 0 Å². The normalized spacial score (nSPS) is 10.8. The number of benzene rings is 2. The first-order chi connectivity index (χ1) is 10.1. The van der Waals surface area contributed by atoms with E-state index in [-0.39, 0.29) is 0 Å². The number of rotatable bonds is 3. The van der Waals surface area contributed by atoms with Crippen LogP contribution in [0, 0.1) is 6.92 Å². The van der Waals surface area contributed by atoms with E-state index in [1.807, 2.05) is 37.3 Å². The highest BCUT2D eigenvalue weighted by Gasteiger charge is 2.11. The van der Waals surface area contributed by atoms with Gasteiger partial charge in [-0.25, -0.2) is 4.98 Å². The van der Waals surface area contributed by atoms with Crippen LogP contribution in [0.3, 0.4) is 0 Å². The van der Waals surface area contributed by atoms with Crippen LogP contribution < -0.4 is 0 Å².